The molecule has 0 aliphatic heterocycles. The molecule has 2 aromatic rings. The first kappa shape index (κ1) is 12.1. The molecule has 3 nitrogen and oxygen atoms in total. The maximum absolute atomic E-state index is 8.82. The van der Waals surface area contributed by atoms with E-state index < -0.39 is 0 Å². The van der Waals surface area contributed by atoms with Gasteiger partial charge in [0.05, 0.1) is 11.0 Å². The molecule has 0 saturated heterocycles. The molecule has 2 rings (SSSR count). The third-order valence-electron chi connectivity index (χ3n) is 2.82. The number of imidazole rings is 1. The van der Waals surface area contributed by atoms with E-state index in [1.165, 1.54) is 5.56 Å². The maximum atomic E-state index is 8.82. The van der Waals surface area contributed by atoms with Crippen LogP contribution in [0.15, 0.2) is 18.2 Å². The van der Waals surface area contributed by atoms with Crippen molar-refractivity contribution in [1.82, 2.24) is 9.97 Å². The van der Waals surface area contributed by atoms with Crippen LogP contribution < -0.4 is 0 Å². The van der Waals surface area contributed by atoms with E-state index in [1.807, 2.05) is 0 Å². The van der Waals surface area contributed by atoms with E-state index in [1.54, 1.807) is 0 Å². The summed E-state index contributed by atoms with van der Waals surface area (Å²) >= 11 is 0. The summed E-state index contributed by atoms with van der Waals surface area (Å²) in [6.07, 6.45) is 2.73. The Hall–Kier alpha value is -1.35. The number of aryl methyl sites for hydroxylation is 1. The Bertz CT molecular complexity index is 488. The Morgan fingerprint density at radius 3 is 2.88 bits per heavy atom. The number of aliphatic hydroxyl groups excluding tert-OH is 1. The Balaban J connectivity index is 2.21. The first-order chi connectivity index (χ1) is 8.19. The number of nitrogens with zero attached hydrogens (tertiary/aromatic N) is 1. The SMILES string of the molecule is CC(C)Cc1nc2ccc(CCCO)cc2[nH]1. The molecule has 0 bridgehead atoms. The molecule has 0 saturated carbocycles. The lowest BCUT2D eigenvalue weighted by Crippen LogP contribution is -1.95. The van der Waals surface area contributed by atoms with Crippen LogP contribution in [0.1, 0.15) is 31.7 Å². The van der Waals surface area contributed by atoms with Crippen LogP contribution in [0.3, 0.4) is 0 Å². The van der Waals surface area contributed by atoms with Crippen LogP contribution in [-0.2, 0) is 12.8 Å². The average Bonchev–Trinajstić information content (AvgIpc) is 2.66. The van der Waals surface area contributed by atoms with Gasteiger partial charge < -0.3 is 10.1 Å². The molecule has 0 amide bonds. The number of hydrogen-bond donors (Lipinski definition) is 2. The van der Waals surface area contributed by atoms with Gasteiger partial charge in [0.25, 0.3) is 0 Å². The van der Waals surface area contributed by atoms with Gasteiger partial charge in [0.15, 0.2) is 0 Å². The third-order valence-corrected chi connectivity index (χ3v) is 2.82. The number of aromatic nitrogens is 2. The number of aromatic amines is 1. The smallest absolute Gasteiger partial charge is 0.107 e. The highest BCUT2D eigenvalue weighted by Gasteiger charge is 2.05. The van der Waals surface area contributed by atoms with E-state index in [2.05, 4.69) is 42.0 Å². The van der Waals surface area contributed by atoms with E-state index in [9.17, 15) is 0 Å². The molecule has 0 spiro atoms. The predicted molar refractivity (Wildman–Crippen MR) is 70.0 cm³/mol. The number of aliphatic hydroxyl groups is 1. The highest BCUT2D eigenvalue weighted by molar-refractivity contribution is 5.75. The van der Waals surface area contributed by atoms with E-state index in [0.717, 1.165) is 36.1 Å². The molecule has 17 heavy (non-hydrogen) atoms. The fourth-order valence-electron chi connectivity index (χ4n) is 2.03. The van der Waals surface area contributed by atoms with Crippen LogP contribution in [0.4, 0.5) is 0 Å². The second-order valence-corrected chi connectivity index (χ2v) is 4.96. The van der Waals surface area contributed by atoms with Crippen LogP contribution in [0.25, 0.3) is 11.0 Å². The van der Waals surface area contributed by atoms with Gasteiger partial charge >= 0.3 is 0 Å². The second kappa shape index (κ2) is 5.32. The summed E-state index contributed by atoms with van der Waals surface area (Å²) in [4.78, 5) is 7.94. The molecule has 0 aliphatic carbocycles. The molecular weight excluding hydrogens is 212 g/mol. The van der Waals surface area contributed by atoms with Gasteiger partial charge in [0.1, 0.15) is 5.82 Å². The maximum Gasteiger partial charge on any atom is 0.107 e. The Morgan fingerprint density at radius 1 is 1.35 bits per heavy atom. The highest BCUT2D eigenvalue weighted by Crippen LogP contribution is 2.16. The number of nitrogens with one attached hydrogen (secondary N) is 1. The molecule has 0 radical (unpaired) electrons. The van der Waals surface area contributed by atoms with Crippen molar-refractivity contribution in [2.24, 2.45) is 5.92 Å². The summed E-state index contributed by atoms with van der Waals surface area (Å²) in [5.41, 5.74) is 3.40. The van der Waals surface area contributed by atoms with E-state index >= 15 is 0 Å². The normalized spacial score (nSPS) is 11.5. The molecule has 0 atom stereocenters. The fraction of sp³-hybridized carbons (Fsp3) is 0.500. The van der Waals surface area contributed by atoms with Gasteiger partial charge in [-0.3, -0.25) is 0 Å². The van der Waals surface area contributed by atoms with Gasteiger partial charge in [-0.05, 0) is 36.5 Å². The summed E-state index contributed by atoms with van der Waals surface area (Å²) < 4.78 is 0. The zero-order valence-corrected chi connectivity index (χ0v) is 10.5. The zero-order valence-electron chi connectivity index (χ0n) is 10.5. The zero-order chi connectivity index (χ0) is 12.3. The van der Waals surface area contributed by atoms with E-state index in [-0.39, 0.29) is 6.61 Å². The summed E-state index contributed by atoms with van der Waals surface area (Å²) in [6, 6.07) is 6.29. The summed E-state index contributed by atoms with van der Waals surface area (Å²) in [5, 5.41) is 8.82. The lowest BCUT2D eigenvalue weighted by Gasteiger charge is -1.99. The lowest BCUT2D eigenvalue weighted by molar-refractivity contribution is 0.288. The van der Waals surface area contributed by atoms with Crippen LogP contribution in [0.2, 0.25) is 0 Å². The van der Waals surface area contributed by atoms with E-state index in [0.29, 0.717) is 5.92 Å². The lowest BCUT2D eigenvalue weighted by atomic mass is 10.1. The number of fused-ring (bicyclic) bond motifs is 1. The molecule has 1 aromatic heterocycles. The summed E-state index contributed by atoms with van der Waals surface area (Å²) in [6.45, 7) is 4.64. The van der Waals surface area contributed by atoms with Crippen molar-refractivity contribution in [3.63, 3.8) is 0 Å². The number of H-pyrrole nitrogens is 1. The topological polar surface area (TPSA) is 48.9 Å². The van der Waals surface area contributed by atoms with Gasteiger partial charge in [-0.2, -0.15) is 0 Å². The quantitative estimate of drug-likeness (QED) is 0.832. The molecule has 0 fully saturated rings. The second-order valence-electron chi connectivity index (χ2n) is 4.96. The Labute approximate surface area is 102 Å². The largest absolute Gasteiger partial charge is 0.396 e. The van der Waals surface area contributed by atoms with Gasteiger partial charge in [-0.25, -0.2) is 4.98 Å². The van der Waals surface area contributed by atoms with Crippen LogP contribution in [0.5, 0.6) is 0 Å². The minimum absolute atomic E-state index is 0.250. The summed E-state index contributed by atoms with van der Waals surface area (Å²) in [5.74, 6) is 1.68. The van der Waals surface area contributed by atoms with Crippen LogP contribution >= 0.6 is 0 Å². The van der Waals surface area contributed by atoms with Crippen molar-refractivity contribution in [1.29, 1.82) is 0 Å². The molecule has 0 unspecified atom stereocenters. The molecule has 1 aromatic carbocycles. The van der Waals surface area contributed by atoms with Crippen molar-refractivity contribution >= 4 is 11.0 Å². The standard InChI is InChI=1S/C14H20N2O/c1-10(2)8-14-15-12-6-5-11(4-3-7-17)9-13(12)16-14/h5-6,9-10,17H,3-4,7-8H2,1-2H3,(H,15,16). The number of benzene rings is 1. The molecule has 92 valence electrons. The van der Waals surface area contributed by atoms with Crippen molar-refractivity contribution in [3.05, 3.63) is 29.6 Å². The number of hydrogen-bond acceptors (Lipinski definition) is 2. The fourth-order valence-corrected chi connectivity index (χ4v) is 2.03. The van der Waals surface area contributed by atoms with E-state index in [4.69, 9.17) is 5.11 Å². The van der Waals surface area contributed by atoms with Crippen molar-refractivity contribution in [2.45, 2.75) is 33.1 Å². The Kier molecular flexibility index (Phi) is 3.79. The monoisotopic (exact) mass is 232 g/mol. The molecule has 0 aliphatic rings. The molecular formula is C14H20N2O. The minimum atomic E-state index is 0.250. The van der Waals surface area contributed by atoms with Gasteiger partial charge in [-0.15, -0.1) is 0 Å². The molecule has 1 heterocycles. The minimum Gasteiger partial charge on any atom is -0.396 e. The van der Waals surface area contributed by atoms with Gasteiger partial charge in [-0.1, -0.05) is 19.9 Å². The van der Waals surface area contributed by atoms with Gasteiger partial charge in [0, 0.05) is 13.0 Å². The predicted octanol–water partition coefficient (Wildman–Crippen LogP) is 2.69. The molecule has 3 heteroatoms. The van der Waals surface area contributed by atoms with Crippen molar-refractivity contribution < 1.29 is 5.11 Å². The number of rotatable bonds is 5. The third kappa shape index (κ3) is 3.07. The van der Waals surface area contributed by atoms with Crippen molar-refractivity contribution in [2.75, 3.05) is 6.61 Å². The highest BCUT2D eigenvalue weighted by atomic mass is 16.2. The van der Waals surface area contributed by atoms with Gasteiger partial charge in [0.2, 0.25) is 0 Å². The van der Waals surface area contributed by atoms with Crippen LogP contribution in [-0.4, -0.2) is 21.7 Å². The van der Waals surface area contributed by atoms with Crippen LogP contribution in [0, 0.1) is 5.92 Å². The van der Waals surface area contributed by atoms with Crippen molar-refractivity contribution in [3.8, 4) is 0 Å². The Morgan fingerprint density at radius 2 is 2.18 bits per heavy atom. The molecule has 2 N–H and O–H groups in total. The first-order valence-electron chi connectivity index (χ1n) is 6.27. The first-order valence-corrected chi connectivity index (χ1v) is 6.27. The summed E-state index contributed by atoms with van der Waals surface area (Å²) in [7, 11) is 0. The average molecular weight is 232 g/mol.